The van der Waals surface area contributed by atoms with Crippen LogP contribution in [-0.2, 0) is 0 Å². The van der Waals surface area contributed by atoms with Crippen molar-refractivity contribution >= 4 is 16.8 Å². The van der Waals surface area contributed by atoms with Crippen molar-refractivity contribution in [1.29, 1.82) is 0 Å². The SMILES string of the molecule is C[C@@H](NC(=O)c1cc2ccc(F)cc2[nH]1)c1ccc(OCC2CC2)cn1. The molecule has 2 aromatic heterocycles. The van der Waals surface area contributed by atoms with Gasteiger partial charge in [0, 0.05) is 10.9 Å². The van der Waals surface area contributed by atoms with Crippen molar-refractivity contribution in [2.24, 2.45) is 5.92 Å². The first kappa shape index (κ1) is 16.6. The summed E-state index contributed by atoms with van der Waals surface area (Å²) in [6, 6.07) is 9.56. The number of nitrogens with one attached hydrogen (secondary N) is 2. The van der Waals surface area contributed by atoms with E-state index in [4.69, 9.17) is 4.74 Å². The van der Waals surface area contributed by atoms with Crippen molar-refractivity contribution in [2.75, 3.05) is 6.61 Å². The molecule has 1 aliphatic carbocycles. The Morgan fingerprint density at radius 2 is 2.19 bits per heavy atom. The van der Waals surface area contributed by atoms with Crippen LogP contribution in [0.3, 0.4) is 0 Å². The molecule has 1 aromatic carbocycles. The summed E-state index contributed by atoms with van der Waals surface area (Å²) in [6.07, 6.45) is 4.18. The van der Waals surface area contributed by atoms with E-state index in [1.807, 2.05) is 19.1 Å². The maximum Gasteiger partial charge on any atom is 0.268 e. The molecule has 5 nitrogen and oxygen atoms in total. The Labute approximate surface area is 150 Å². The van der Waals surface area contributed by atoms with Gasteiger partial charge in [0.1, 0.15) is 17.3 Å². The maximum absolute atomic E-state index is 13.3. The first-order chi connectivity index (χ1) is 12.6. The highest BCUT2D eigenvalue weighted by Gasteiger charge is 2.22. The molecule has 1 fully saturated rings. The summed E-state index contributed by atoms with van der Waals surface area (Å²) in [5.74, 6) is 0.840. The van der Waals surface area contributed by atoms with Crippen molar-refractivity contribution < 1.29 is 13.9 Å². The Balaban J connectivity index is 1.40. The minimum Gasteiger partial charge on any atom is -0.492 e. The fourth-order valence-corrected chi connectivity index (χ4v) is 2.80. The van der Waals surface area contributed by atoms with E-state index in [1.54, 1.807) is 18.3 Å². The minimum absolute atomic E-state index is 0.259. The highest BCUT2D eigenvalue weighted by molar-refractivity contribution is 5.98. The monoisotopic (exact) mass is 353 g/mol. The van der Waals surface area contributed by atoms with Crippen molar-refractivity contribution in [3.63, 3.8) is 0 Å². The predicted octanol–water partition coefficient (Wildman–Crippen LogP) is 3.98. The number of hydrogen-bond donors (Lipinski definition) is 2. The number of carbonyl (C=O) groups excluding carboxylic acids is 1. The van der Waals surface area contributed by atoms with Crippen molar-refractivity contribution in [3.05, 3.63) is 59.8 Å². The molecular weight excluding hydrogens is 333 g/mol. The van der Waals surface area contributed by atoms with Crippen LogP contribution in [0.2, 0.25) is 0 Å². The third-order valence-corrected chi connectivity index (χ3v) is 4.56. The van der Waals surface area contributed by atoms with Gasteiger partial charge in [0.15, 0.2) is 0 Å². The number of benzene rings is 1. The molecule has 3 aromatic rings. The number of pyridine rings is 1. The normalized spacial score (nSPS) is 15.0. The van der Waals surface area contributed by atoms with Crippen LogP contribution in [0.25, 0.3) is 10.9 Å². The summed E-state index contributed by atoms with van der Waals surface area (Å²) in [6.45, 7) is 2.61. The summed E-state index contributed by atoms with van der Waals surface area (Å²) < 4.78 is 18.9. The molecule has 6 heteroatoms. The number of rotatable bonds is 6. The number of nitrogens with zero attached hydrogens (tertiary/aromatic N) is 1. The second kappa shape index (κ2) is 6.78. The summed E-state index contributed by atoms with van der Waals surface area (Å²) in [5.41, 5.74) is 1.74. The first-order valence-electron chi connectivity index (χ1n) is 8.76. The lowest BCUT2D eigenvalue weighted by Gasteiger charge is -2.13. The van der Waals surface area contributed by atoms with E-state index in [0.717, 1.165) is 23.4 Å². The van der Waals surface area contributed by atoms with Gasteiger partial charge in [-0.15, -0.1) is 0 Å². The maximum atomic E-state index is 13.3. The van der Waals surface area contributed by atoms with E-state index in [1.165, 1.54) is 25.0 Å². The van der Waals surface area contributed by atoms with E-state index >= 15 is 0 Å². The van der Waals surface area contributed by atoms with Gasteiger partial charge < -0.3 is 15.0 Å². The number of carbonyl (C=O) groups is 1. The molecule has 0 unspecified atom stereocenters. The molecule has 0 spiro atoms. The van der Waals surface area contributed by atoms with Crippen LogP contribution < -0.4 is 10.1 Å². The molecule has 1 atom stereocenters. The second-order valence-electron chi connectivity index (χ2n) is 6.78. The van der Waals surface area contributed by atoms with Gasteiger partial charge in [-0.3, -0.25) is 9.78 Å². The van der Waals surface area contributed by atoms with Crippen LogP contribution in [-0.4, -0.2) is 22.5 Å². The second-order valence-corrected chi connectivity index (χ2v) is 6.78. The van der Waals surface area contributed by atoms with E-state index in [2.05, 4.69) is 15.3 Å². The summed E-state index contributed by atoms with van der Waals surface area (Å²) in [7, 11) is 0. The standard InChI is InChI=1S/C20H20FN3O2/c1-12(17-7-6-16(10-22-17)26-11-13-2-3-13)23-20(25)19-8-14-4-5-15(21)9-18(14)24-19/h4-10,12-13,24H,2-3,11H2,1H3,(H,23,25)/t12-/m1/s1. The van der Waals surface area contributed by atoms with Crippen molar-refractivity contribution in [2.45, 2.75) is 25.8 Å². The highest BCUT2D eigenvalue weighted by atomic mass is 19.1. The number of aromatic amines is 1. The summed E-state index contributed by atoms with van der Waals surface area (Å²) in [4.78, 5) is 19.8. The topological polar surface area (TPSA) is 67.0 Å². The molecule has 26 heavy (non-hydrogen) atoms. The van der Waals surface area contributed by atoms with Gasteiger partial charge in [-0.05, 0) is 62.1 Å². The number of fused-ring (bicyclic) bond motifs is 1. The molecule has 2 heterocycles. The Morgan fingerprint density at radius 3 is 2.92 bits per heavy atom. The lowest BCUT2D eigenvalue weighted by molar-refractivity contribution is 0.0935. The molecule has 2 N–H and O–H groups in total. The van der Waals surface area contributed by atoms with Crippen LogP contribution in [0.5, 0.6) is 5.75 Å². The van der Waals surface area contributed by atoms with Crippen LogP contribution in [0.15, 0.2) is 42.6 Å². The third-order valence-electron chi connectivity index (χ3n) is 4.56. The average Bonchev–Trinajstić information content (AvgIpc) is 3.37. The van der Waals surface area contributed by atoms with Gasteiger partial charge in [0.25, 0.3) is 5.91 Å². The smallest absolute Gasteiger partial charge is 0.268 e. The van der Waals surface area contributed by atoms with Gasteiger partial charge in [-0.2, -0.15) is 0 Å². The molecule has 4 rings (SSSR count). The number of H-pyrrole nitrogens is 1. The van der Waals surface area contributed by atoms with Crippen LogP contribution >= 0.6 is 0 Å². The number of amides is 1. The Morgan fingerprint density at radius 1 is 1.35 bits per heavy atom. The first-order valence-corrected chi connectivity index (χ1v) is 8.76. The van der Waals surface area contributed by atoms with Gasteiger partial charge in [0.05, 0.1) is 24.5 Å². The third kappa shape index (κ3) is 3.69. The van der Waals surface area contributed by atoms with E-state index in [9.17, 15) is 9.18 Å². The Bertz CT molecular complexity index is 932. The van der Waals surface area contributed by atoms with Gasteiger partial charge in [0.2, 0.25) is 0 Å². The highest BCUT2D eigenvalue weighted by Crippen LogP contribution is 2.29. The van der Waals surface area contributed by atoms with Crippen LogP contribution in [0.4, 0.5) is 4.39 Å². The Hall–Kier alpha value is -2.89. The molecule has 134 valence electrons. The van der Waals surface area contributed by atoms with E-state index < -0.39 is 0 Å². The zero-order valence-electron chi connectivity index (χ0n) is 14.5. The summed E-state index contributed by atoms with van der Waals surface area (Å²) in [5, 5.41) is 3.69. The number of halogens is 1. The zero-order valence-corrected chi connectivity index (χ0v) is 14.5. The fourth-order valence-electron chi connectivity index (χ4n) is 2.80. The minimum atomic E-state index is -0.340. The fraction of sp³-hybridized carbons (Fsp3) is 0.300. The quantitative estimate of drug-likeness (QED) is 0.704. The molecule has 1 aliphatic rings. The largest absolute Gasteiger partial charge is 0.492 e. The number of aromatic nitrogens is 2. The Kier molecular flexibility index (Phi) is 4.32. The molecule has 1 amide bonds. The van der Waals surface area contributed by atoms with Gasteiger partial charge in [-0.1, -0.05) is 0 Å². The van der Waals surface area contributed by atoms with Crippen LogP contribution in [0.1, 0.15) is 42.0 Å². The molecule has 0 aliphatic heterocycles. The molecule has 1 saturated carbocycles. The number of hydrogen-bond acceptors (Lipinski definition) is 3. The van der Waals surface area contributed by atoms with Crippen molar-refractivity contribution in [1.82, 2.24) is 15.3 Å². The van der Waals surface area contributed by atoms with E-state index in [-0.39, 0.29) is 17.8 Å². The summed E-state index contributed by atoms with van der Waals surface area (Å²) >= 11 is 0. The molecule has 0 saturated heterocycles. The predicted molar refractivity (Wildman–Crippen MR) is 96.6 cm³/mol. The average molecular weight is 353 g/mol. The van der Waals surface area contributed by atoms with E-state index in [0.29, 0.717) is 17.1 Å². The molecular formula is C20H20FN3O2. The van der Waals surface area contributed by atoms with Crippen molar-refractivity contribution in [3.8, 4) is 5.75 Å². The van der Waals surface area contributed by atoms with Crippen LogP contribution in [0, 0.1) is 11.7 Å². The number of ether oxygens (including phenoxy) is 1. The zero-order chi connectivity index (χ0) is 18.1. The van der Waals surface area contributed by atoms with Gasteiger partial charge in [-0.25, -0.2) is 4.39 Å². The van der Waals surface area contributed by atoms with Gasteiger partial charge >= 0.3 is 0 Å². The molecule has 0 radical (unpaired) electrons. The lowest BCUT2D eigenvalue weighted by atomic mass is 10.2. The lowest BCUT2D eigenvalue weighted by Crippen LogP contribution is -2.27. The molecule has 0 bridgehead atoms.